The molecule has 0 aromatic heterocycles. The van der Waals surface area contributed by atoms with E-state index in [0.29, 0.717) is 5.41 Å². The second-order valence-electron chi connectivity index (χ2n) is 4.41. The monoisotopic (exact) mass is 188 g/mol. The summed E-state index contributed by atoms with van der Waals surface area (Å²) in [7, 11) is 0. The average Bonchev–Trinajstić information content (AvgIpc) is 2.96. The Labute approximate surface area is 85.1 Å². The predicted octanol–water partition coefficient (Wildman–Crippen LogP) is 3.11. The van der Waals surface area contributed by atoms with Crippen LogP contribution >= 0.6 is 0 Å². The molecule has 1 aliphatic rings. The molecular weight excluding hydrogens is 172 g/mol. The SMILES string of the molecule is CCc1cccc(C2(C)CC2)c1C=O. The summed E-state index contributed by atoms with van der Waals surface area (Å²) in [5.74, 6) is 0. The molecule has 1 aliphatic carbocycles. The van der Waals surface area contributed by atoms with E-state index in [1.165, 1.54) is 24.0 Å². The smallest absolute Gasteiger partial charge is 0.150 e. The van der Waals surface area contributed by atoms with E-state index in [1.54, 1.807) is 0 Å². The number of benzene rings is 1. The summed E-state index contributed by atoms with van der Waals surface area (Å²) in [6.07, 6.45) is 4.41. The molecule has 1 saturated carbocycles. The van der Waals surface area contributed by atoms with Gasteiger partial charge >= 0.3 is 0 Å². The Balaban J connectivity index is 2.53. The number of rotatable bonds is 3. The van der Waals surface area contributed by atoms with Crippen LogP contribution in [0, 0.1) is 0 Å². The number of hydrogen-bond acceptors (Lipinski definition) is 1. The third kappa shape index (κ3) is 1.37. The molecular formula is C13H16O. The zero-order valence-corrected chi connectivity index (χ0v) is 8.84. The second kappa shape index (κ2) is 3.23. The highest BCUT2D eigenvalue weighted by atomic mass is 16.1. The van der Waals surface area contributed by atoms with Crippen LogP contribution in [0.2, 0.25) is 0 Å². The Morgan fingerprint density at radius 3 is 2.64 bits per heavy atom. The summed E-state index contributed by atoms with van der Waals surface area (Å²) in [5, 5.41) is 0. The highest BCUT2D eigenvalue weighted by Gasteiger charge is 2.40. The van der Waals surface area contributed by atoms with Gasteiger partial charge in [-0.3, -0.25) is 4.79 Å². The minimum Gasteiger partial charge on any atom is -0.298 e. The topological polar surface area (TPSA) is 17.1 Å². The Morgan fingerprint density at radius 1 is 1.43 bits per heavy atom. The number of aryl methyl sites for hydroxylation is 1. The first-order chi connectivity index (χ1) is 6.71. The van der Waals surface area contributed by atoms with Crippen LogP contribution in [0.5, 0.6) is 0 Å². The van der Waals surface area contributed by atoms with Crippen molar-refractivity contribution in [1.29, 1.82) is 0 Å². The molecule has 0 bridgehead atoms. The molecule has 74 valence electrons. The van der Waals surface area contributed by atoms with E-state index >= 15 is 0 Å². The number of carbonyl (C=O) groups excluding carboxylic acids is 1. The summed E-state index contributed by atoms with van der Waals surface area (Å²) >= 11 is 0. The molecule has 0 spiro atoms. The van der Waals surface area contributed by atoms with Crippen LogP contribution in [-0.4, -0.2) is 6.29 Å². The van der Waals surface area contributed by atoms with Crippen molar-refractivity contribution < 1.29 is 4.79 Å². The van der Waals surface area contributed by atoms with Crippen LogP contribution in [0.1, 0.15) is 48.2 Å². The predicted molar refractivity (Wildman–Crippen MR) is 57.8 cm³/mol. The van der Waals surface area contributed by atoms with Gasteiger partial charge in [-0.25, -0.2) is 0 Å². The van der Waals surface area contributed by atoms with Crippen LogP contribution in [0.15, 0.2) is 18.2 Å². The molecule has 1 fully saturated rings. The molecule has 1 nitrogen and oxygen atoms in total. The molecule has 0 heterocycles. The summed E-state index contributed by atoms with van der Waals surface area (Å²) < 4.78 is 0. The molecule has 0 saturated heterocycles. The van der Waals surface area contributed by atoms with E-state index in [4.69, 9.17) is 0 Å². The van der Waals surface area contributed by atoms with Gasteiger partial charge in [-0.1, -0.05) is 32.0 Å². The molecule has 2 rings (SSSR count). The zero-order valence-electron chi connectivity index (χ0n) is 8.84. The molecule has 0 radical (unpaired) electrons. The molecule has 1 heteroatoms. The van der Waals surface area contributed by atoms with Crippen molar-refractivity contribution in [2.45, 2.75) is 38.5 Å². The van der Waals surface area contributed by atoms with Crippen molar-refractivity contribution in [1.82, 2.24) is 0 Å². The summed E-state index contributed by atoms with van der Waals surface area (Å²) in [5.41, 5.74) is 3.68. The lowest BCUT2D eigenvalue weighted by Crippen LogP contribution is -2.06. The molecule has 0 unspecified atom stereocenters. The first kappa shape index (κ1) is 9.45. The lowest BCUT2D eigenvalue weighted by Gasteiger charge is -2.14. The van der Waals surface area contributed by atoms with Crippen LogP contribution < -0.4 is 0 Å². The summed E-state index contributed by atoms with van der Waals surface area (Å²) in [6.45, 7) is 4.34. The number of hydrogen-bond donors (Lipinski definition) is 0. The quantitative estimate of drug-likeness (QED) is 0.666. The van der Waals surface area contributed by atoms with Crippen molar-refractivity contribution in [2.24, 2.45) is 0 Å². The van der Waals surface area contributed by atoms with Crippen LogP contribution in [0.4, 0.5) is 0 Å². The highest BCUT2D eigenvalue weighted by Crippen LogP contribution is 2.48. The fourth-order valence-electron chi connectivity index (χ4n) is 2.04. The fraction of sp³-hybridized carbons (Fsp3) is 0.462. The summed E-state index contributed by atoms with van der Waals surface area (Å²) in [6, 6.07) is 6.24. The molecule has 14 heavy (non-hydrogen) atoms. The largest absolute Gasteiger partial charge is 0.298 e. The van der Waals surface area contributed by atoms with Gasteiger partial charge in [-0.05, 0) is 35.8 Å². The molecule has 1 aromatic rings. The van der Waals surface area contributed by atoms with Gasteiger partial charge in [0.2, 0.25) is 0 Å². The Bertz CT molecular complexity index is 361. The number of aldehydes is 1. The van der Waals surface area contributed by atoms with E-state index in [9.17, 15) is 4.79 Å². The molecule has 0 atom stereocenters. The van der Waals surface area contributed by atoms with Gasteiger partial charge in [0.15, 0.2) is 6.29 Å². The van der Waals surface area contributed by atoms with Crippen molar-refractivity contribution in [2.75, 3.05) is 0 Å². The third-order valence-corrected chi connectivity index (χ3v) is 3.35. The standard InChI is InChI=1S/C13H16O/c1-3-10-5-4-6-12(11(10)9-14)13(2)7-8-13/h4-6,9H,3,7-8H2,1-2H3. The minimum atomic E-state index is 0.293. The van der Waals surface area contributed by atoms with Gasteiger partial charge in [0.25, 0.3) is 0 Å². The van der Waals surface area contributed by atoms with Crippen molar-refractivity contribution in [3.05, 3.63) is 34.9 Å². The Hall–Kier alpha value is -1.11. The molecule has 1 aromatic carbocycles. The minimum absolute atomic E-state index is 0.293. The van der Waals surface area contributed by atoms with Crippen LogP contribution in [0.3, 0.4) is 0 Å². The van der Waals surface area contributed by atoms with Gasteiger partial charge in [0.05, 0.1) is 0 Å². The second-order valence-corrected chi connectivity index (χ2v) is 4.41. The lowest BCUT2D eigenvalue weighted by atomic mass is 9.90. The molecule has 0 N–H and O–H groups in total. The van der Waals surface area contributed by atoms with Gasteiger partial charge < -0.3 is 0 Å². The van der Waals surface area contributed by atoms with Gasteiger partial charge in [0.1, 0.15) is 0 Å². The molecule has 0 amide bonds. The Kier molecular flexibility index (Phi) is 2.18. The first-order valence-electron chi connectivity index (χ1n) is 5.29. The maximum absolute atomic E-state index is 11.1. The highest BCUT2D eigenvalue weighted by molar-refractivity contribution is 5.80. The van der Waals surface area contributed by atoms with Crippen molar-refractivity contribution >= 4 is 6.29 Å². The molecule has 0 aliphatic heterocycles. The normalized spacial score (nSPS) is 17.9. The van der Waals surface area contributed by atoms with Gasteiger partial charge in [-0.2, -0.15) is 0 Å². The number of carbonyl (C=O) groups is 1. The van der Waals surface area contributed by atoms with Crippen molar-refractivity contribution in [3.8, 4) is 0 Å². The van der Waals surface area contributed by atoms with E-state index in [2.05, 4.69) is 32.0 Å². The third-order valence-electron chi connectivity index (χ3n) is 3.35. The van der Waals surface area contributed by atoms with E-state index in [1.807, 2.05) is 0 Å². The lowest BCUT2D eigenvalue weighted by molar-refractivity contribution is 0.112. The van der Waals surface area contributed by atoms with E-state index in [-0.39, 0.29) is 0 Å². The van der Waals surface area contributed by atoms with Crippen LogP contribution in [0.25, 0.3) is 0 Å². The van der Waals surface area contributed by atoms with Gasteiger partial charge in [-0.15, -0.1) is 0 Å². The Morgan fingerprint density at radius 2 is 2.14 bits per heavy atom. The fourth-order valence-corrected chi connectivity index (χ4v) is 2.04. The van der Waals surface area contributed by atoms with E-state index < -0.39 is 0 Å². The maximum atomic E-state index is 11.1. The first-order valence-corrected chi connectivity index (χ1v) is 5.29. The van der Waals surface area contributed by atoms with E-state index in [0.717, 1.165) is 18.3 Å². The van der Waals surface area contributed by atoms with Crippen molar-refractivity contribution in [3.63, 3.8) is 0 Å². The maximum Gasteiger partial charge on any atom is 0.150 e. The van der Waals surface area contributed by atoms with Crippen LogP contribution in [-0.2, 0) is 11.8 Å². The average molecular weight is 188 g/mol. The summed E-state index contributed by atoms with van der Waals surface area (Å²) in [4.78, 5) is 11.1. The zero-order chi connectivity index (χ0) is 10.2. The van der Waals surface area contributed by atoms with Gasteiger partial charge in [0, 0.05) is 5.56 Å².